The number of rotatable bonds is 1. The Balaban J connectivity index is 2.68. The molecule has 0 unspecified atom stereocenters. The van der Waals surface area contributed by atoms with Crippen LogP contribution in [0.25, 0.3) is 0 Å². The number of halogens is 2. The molecule has 0 saturated carbocycles. The Labute approximate surface area is 83.9 Å². The Morgan fingerprint density at radius 2 is 2.07 bits per heavy atom. The molecule has 2 rings (SSSR count). The molecule has 14 heavy (non-hydrogen) atoms. The molecule has 1 aromatic rings. The van der Waals surface area contributed by atoms with Crippen molar-refractivity contribution in [1.29, 1.82) is 0 Å². The van der Waals surface area contributed by atoms with E-state index in [0.717, 1.165) is 0 Å². The number of carbonyl (C=O) groups is 1. The van der Waals surface area contributed by atoms with Gasteiger partial charge in [-0.3, -0.25) is 4.79 Å². The smallest absolute Gasteiger partial charge is 0.264 e. The third-order valence-electron chi connectivity index (χ3n) is 2.03. The molecule has 0 atom stereocenters. The van der Waals surface area contributed by atoms with E-state index in [-0.39, 0.29) is 16.1 Å². The summed E-state index contributed by atoms with van der Waals surface area (Å²) in [5.41, 5.74) is 0.134. The van der Waals surface area contributed by atoms with Crippen LogP contribution in [0.4, 0.5) is 8.78 Å². The van der Waals surface area contributed by atoms with Gasteiger partial charge in [0.15, 0.2) is 0 Å². The molecule has 1 aliphatic rings. The van der Waals surface area contributed by atoms with Gasteiger partial charge < -0.3 is 5.32 Å². The molecule has 1 heterocycles. The standard InChI is InChI=1S/C9H5F2NOS/c10-7(11)4-2-1-3-5-6(4)8(13)12-9(5)14/h1-3,7H,(H,12,13,14). The van der Waals surface area contributed by atoms with Crippen molar-refractivity contribution in [2.45, 2.75) is 6.43 Å². The van der Waals surface area contributed by atoms with Gasteiger partial charge in [-0.1, -0.05) is 30.4 Å². The minimum atomic E-state index is -2.66. The molecule has 0 fully saturated rings. The number of hydrogen-bond acceptors (Lipinski definition) is 2. The summed E-state index contributed by atoms with van der Waals surface area (Å²) in [6.07, 6.45) is -2.66. The Hall–Kier alpha value is -1.36. The summed E-state index contributed by atoms with van der Waals surface area (Å²) in [6, 6.07) is 4.26. The molecule has 1 aromatic carbocycles. The minimum Gasteiger partial charge on any atom is -0.312 e. The van der Waals surface area contributed by atoms with Crippen LogP contribution in [0.1, 0.15) is 27.9 Å². The number of amides is 1. The number of nitrogens with one attached hydrogen (secondary N) is 1. The van der Waals surface area contributed by atoms with Gasteiger partial charge >= 0.3 is 0 Å². The van der Waals surface area contributed by atoms with Crippen molar-refractivity contribution in [3.63, 3.8) is 0 Å². The van der Waals surface area contributed by atoms with E-state index in [4.69, 9.17) is 12.2 Å². The second-order valence-corrected chi connectivity index (χ2v) is 3.26. The lowest BCUT2D eigenvalue weighted by molar-refractivity contribution is 0.0970. The third kappa shape index (κ3) is 1.21. The first-order valence-electron chi connectivity index (χ1n) is 3.88. The predicted molar refractivity (Wildman–Crippen MR) is 50.6 cm³/mol. The van der Waals surface area contributed by atoms with Crippen molar-refractivity contribution in [2.24, 2.45) is 0 Å². The highest BCUT2D eigenvalue weighted by atomic mass is 32.1. The fourth-order valence-corrected chi connectivity index (χ4v) is 1.69. The van der Waals surface area contributed by atoms with Gasteiger partial charge in [0.2, 0.25) is 0 Å². The Morgan fingerprint density at radius 1 is 1.36 bits per heavy atom. The van der Waals surface area contributed by atoms with Gasteiger partial charge in [0, 0.05) is 11.1 Å². The molecule has 72 valence electrons. The molecule has 0 saturated heterocycles. The van der Waals surface area contributed by atoms with E-state index in [9.17, 15) is 13.6 Å². The van der Waals surface area contributed by atoms with Crippen LogP contribution in [0, 0.1) is 0 Å². The lowest BCUT2D eigenvalue weighted by Crippen LogP contribution is -2.19. The van der Waals surface area contributed by atoms with Gasteiger partial charge in [0.25, 0.3) is 12.3 Å². The monoisotopic (exact) mass is 213 g/mol. The average molecular weight is 213 g/mol. The zero-order chi connectivity index (χ0) is 10.3. The van der Waals surface area contributed by atoms with Gasteiger partial charge in [0.05, 0.1) is 5.56 Å². The maximum atomic E-state index is 12.5. The molecule has 1 N–H and O–H groups in total. The van der Waals surface area contributed by atoms with Crippen LogP contribution in [0.3, 0.4) is 0 Å². The maximum Gasteiger partial charge on any atom is 0.264 e. The zero-order valence-corrected chi connectivity index (χ0v) is 7.70. The second kappa shape index (κ2) is 3.09. The van der Waals surface area contributed by atoms with Gasteiger partial charge in [-0.05, 0) is 0 Å². The molecular weight excluding hydrogens is 208 g/mol. The van der Waals surface area contributed by atoms with Crippen molar-refractivity contribution in [1.82, 2.24) is 5.32 Å². The van der Waals surface area contributed by atoms with E-state index in [1.165, 1.54) is 12.1 Å². The van der Waals surface area contributed by atoms with E-state index in [0.29, 0.717) is 5.56 Å². The second-order valence-electron chi connectivity index (χ2n) is 2.85. The maximum absolute atomic E-state index is 12.5. The summed E-state index contributed by atoms with van der Waals surface area (Å²) in [5, 5.41) is 2.34. The van der Waals surface area contributed by atoms with Crippen molar-refractivity contribution in [3.8, 4) is 0 Å². The summed E-state index contributed by atoms with van der Waals surface area (Å²) in [6.45, 7) is 0. The van der Waals surface area contributed by atoms with Crippen LogP contribution >= 0.6 is 12.2 Å². The van der Waals surface area contributed by atoms with Crippen molar-refractivity contribution >= 4 is 23.1 Å². The Bertz CT molecular complexity index is 431. The number of thiocarbonyl (C=S) groups is 1. The first kappa shape index (κ1) is 9.21. The normalized spacial score (nSPS) is 14.5. The summed E-state index contributed by atoms with van der Waals surface area (Å²) in [4.78, 5) is 11.5. The van der Waals surface area contributed by atoms with Crippen molar-refractivity contribution < 1.29 is 13.6 Å². The minimum absolute atomic E-state index is 0.00694. The lowest BCUT2D eigenvalue weighted by atomic mass is 10.0. The van der Waals surface area contributed by atoms with Gasteiger partial charge in [-0.2, -0.15) is 0 Å². The van der Waals surface area contributed by atoms with Gasteiger partial charge in [-0.25, -0.2) is 8.78 Å². The molecule has 0 aromatic heterocycles. The predicted octanol–water partition coefficient (Wildman–Crippen LogP) is 2.04. The number of carbonyl (C=O) groups excluding carboxylic acids is 1. The number of alkyl halides is 2. The Morgan fingerprint density at radius 3 is 2.71 bits per heavy atom. The van der Waals surface area contributed by atoms with Crippen LogP contribution in [-0.4, -0.2) is 10.9 Å². The van der Waals surface area contributed by atoms with E-state index in [2.05, 4.69) is 5.32 Å². The SMILES string of the molecule is O=C1NC(=S)c2cccc(C(F)F)c21. The molecule has 0 spiro atoms. The quantitative estimate of drug-likeness (QED) is 0.723. The van der Waals surface area contributed by atoms with Crippen LogP contribution in [0.5, 0.6) is 0 Å². The highest BCUT2D eigenvalue weighted by molar-refractivity contribution is 7.80. The summed E-state index contributed by atoms with van der Waals surface area (Å²) >= 11 is 4.82. The third-order valence-corrected chi connectivity index (χ3v) is 2.35. The first-order chi connectivity index (χ1) is 6.61. The molecule has 2 nitrogen and oxygen atoms in total. The fourth-order valence-electron chi connectivity index (χ4n) is 1.43. The lowest BCUT2D eigenvalue weighted by Gasteiger charge is -2.03. The van der Waals surface area contributed by atoms with Crippen LogP contribution in [0.15, 0.2) is 18.2 Å². The topological polar surface area (TPSA) is 29.1 Å². The van der Waals surface area contributed by atoms with E-state index >= 15 is 0 Å². The van der Waals surface area contributed by atoms with Crippen LogP contribution in [-0.2, 0) is 0 Å². The van der Waals surface area contributed by atoms with E-state index in [1.54, 1.807) is 6.07 Å². The number of hydrogen-bond donors (Lipinski definition) is 1. The molecule has 0 aliphatic carbocycles. The van der Waals surface area contributed by atoms with Crippen molar-refractivity contribution in [3.05, 3.63) is 34.9 Å². The summed E-state index contributed by atoms with van der Waals surface area (Å²) < 4.78 is 25.0. The van der Waals surface area contributed by atoms with E-state index < -0.39 is 12.3 Å². The molecular formula is C9H5F2NOS. The zero-order valence-electron chi connectivity index (χ0n) is 6.88. The molecule has 1 aliphatic heterocycles. The van der Waals surface area contributed by atoms with Crippen LogP contribution < -0.4 is 5.32 Å². The van der Waals surface area contributed by atoms with Crippen LogP contribution in [0.2, 0.25) is 0 Å². The highest BCUT2D eigenvalue weighted by Gasteiger charge is 2.29. The molecule has 0 bridgehead atoms. The summed E-state index contributed by atoms with van der Waals surface area (Å²) in [7, 11) is 0. The van der Waals surface area contributed by atoms with Gasteiger partial charge in [0.1, 0.15) is 4.99 Å². The molecule has 1 amide bonds. The first-order valence-corrected chi connectivity index (χ1v) is 4.29. The Kier molecular flexibility index (Phi) is 2.03. The largest absolute Gasteiger partial charge is 0.312 e. The average Bonchev–Trinajstić information content (AvgIpc) is 2.43. The molecule has 0 radical (unpaired) electrons. The number of fused-ring (bicyclic) bond motifs is 1. The summed E-state index contributed by atoms with van der Waals surface area (Å²) in [5.74, 6) is -0.541. The van der Waals surface area contributed by atoms with Crippen molar-refractivity contribution in [2.75, 3.05) is 0 Å². The van der Waals surface area contributed by atoms with E-state index in [1.807, 2.05) is 0 Å². The highest BCUT2D eigenvalue weighted by Crippen LogP contribution is 2.28. The van der Waals surface area contributed by atoms with Gasteiger partial charge in [-0.15, -0.1) is 0 Å². The number of benzene rings is 1. The fraction of sp³-hybridized carbons (Fsp3) is 0.111. The molecule has 5 heteroatoms.